The maximum absolute atomic E-state index is 12.6. The first-order valence-electron chi connectivity index (χ1n) is 11.0. The maximum Gasteiger partial charge on any atom is 0.339 e. The molecule has 2 aromatic rings. The number of hydrogen-bond donors (Lipinski definition) is 1. The van der Waals surface area contributed by atoms with E-state index in [9.17, 15) is 14.4 Å². The van der Waals surface area contributed by atoms with Crippen LogP contribution < -0.4 is 15.7 Å². The molecule has 1 N–H and O–H groups in total. The van der Waals surface area contributed by atoms with Gasteiger partial charge in [-0.2, -0.15) is 0 Å². The highest BCUT2D eigenvalue weighted by atomic mass is 16.6. The Morgan fingerprint density at radius 3 is 2.48 bits per heavy atom. The summed E-state index contributed by atoms with van der Waals surface area (Å²) in [5.74, 6) is -0.669. The molecule has 0 spiro atoms. The van der Waals surface area contributed by atoms with Crippen molar-refractivity contribution in [2.45, 2.75) is 70.9 Å². The second kappa shape index (κ2) is 8.46. The summed E-state index contributed by atoms with van der Waals surface area (Å²) in [5, 5.41) is 4.01. The van der Waals surface area contributed by atoms with Crippen LogP contribution in [-0.2, 0) is 27.2 Å². The van der Waals surface area contributed by atoms with E-state index >= 15 is 0 Å². The number of piperidine rings is 1. The zero-order valence-electron chi connectivity index (χ0n) is 18.3. The molecule has 31 heavy (non-hydrogen) atoms. The van der Waals surface area contributed by atoms with E-state index in [4.69, 9.17) is 13.9 Å². The topological polar surface area (TPSA) is 94.8 Å². The molecule has 2 aliphatic rings. The molecule has 0 bridgehead atoms. The molecule has 0 radical (unpaired) electrons. The van der Waals surface area contributed by atoms with Crippen LogP contribution in [0.2, 0.25) is 0 Å². The largest absolute Gasteiger partial charge is 0.459 e. The van der Waals surface area contributed by atoms with Gasteiger partial charge in [-0.3, -0.25) is 9.59 Å². The van der Waals surface area contributed by atoms with E-state index in [1.807, 2.05) is 26.8 Å². The van der Waals surface area contributed by atoms with Gasteiger partial charge < -0.3 is 19.2 Å². The third kappa shape index (κ3) is 4.82. The fraction of sp³-hybridized carbons (Fsp3) is 0.542. The number of ether oxygens (including phenoxy) is 2. The van der Waals surface area contributed by atoms with Gasteiger partial charge in [-0.25, -0.2) is 4.79 Å². The highest BCUT2D eigenvalue weighted by molar-refractivity contribution is 5.84. The average Bonchev–Trinajstić information content (AvgIpc) is 2.73. The SMILES string of the molecule is CC(C)(C)OC(=O)[C@H]1CC[C@H](C(=O)Oc2ccc3c4c(c(=O)oc3c2)CCCC4)CN1. The van der Waals surface area contributed by atoms with Crippen LogP contribution in [0.1, 0.15) is 57.6 Å². The zero-order chi connectivity index (χ0) is 22.2. The van der Waals surface area contributed by atoms with Crippen molar-refractivity contribution in [3.05, 3.63) is 39.7 Å². The molecule has 1 aliphatic heterocycles. The van der Waals surface area contributed by atoms with E-state index in [0.29, 0.717) is 30.7 Å². The molecule has 1 aromatic carbocycles. The Morgan fingerprint density at radius 1 is 1.06 bits per heavy atom. The van der Waals surface area contributed by atoms with Gasteiger partial charge in [0.25, 0.3) is 0 Å². The van der Waals surface area contributed by atoms with Crippen LogP contribution in [0.4, 0.5) is 0 Å². The summed E-state index contributed by atoms with van der Waals surface area (Å²) in [5.41, 5.74) is 1.44. The minimum absolute atomic E-state index is 0.296. The molecule has 0 saturated carbocycles. The van der Waals surface area contributed by atoms with Gasteiger partial charge >= 0.3 is 17.6 Å². The normalized spacial score (nSPS) is 21.4. The zero-order valence-corrected chi connectivity index (χ0v) is 18.3. The van der Waals surface area contributed by atoms with Gasteiger partial charge in [0.15, 0.2) is 0 Å². The van der Waals surface area contributed by atoms with Crippen molar-refractivity contribution in [1.82, 2.24) is 5.32 Å². The lowest BCUT2D eigenvalue weighted by molar-refractivity contribution is -0.159. The van der Waals surface area contributed by atoms with E-state index in [1.165, 1.54) is 0 Å². The summed E-state index contributed by atoms with van der Waals surface area (Å²) in [6.07, 6.45) is 4.72. The number of fused-ring (bicyclic) bond motifs is 3. The molecular formula is C24H29NO6. The fourth-order valence-electron chi connectivity index (χ4n) is 4.32. The first-order chi connectivity index (χ1) is 14.7. The van der Waals surface area contributed by atoms with Crippen molar-refractivity contribution in [3.8, 4) is 5.75 Å². The molecule has 4 rings (SSSR count). The van der Waals surface area contributed by atoms with E-state index < -0.39 is 11.6 Å². The second-order valence-corrected chi connectivity index (χ2v) is 9.40. The van der Waals surface area contributed by atoms with Gasteiger partial charge in [0.1, 0.15) is 23.0 Å². The van der Waals surface area contributed by atoms with Crippen LogP contribution >= 0.6 is 0 Å². The Hall–Kier alpha value is -2.67. The Labute approximate surface area is 181 Å². The molecule has 7 nitrogen and oxygen atoms in total. The van der Waals surface area contributed by atoms with Crippen molar-refractivity contribution in [1.29, 1.82) is 0 Å². The van der Waals surface area contributed by atoms with Crippen LogP contribution in [0.3, 0.4) is 0 Å². The fourth-order valence-corrected chi connectivity index (χ4v) is 4.32. The summed E-state index contributed by atoms with van der Waals surface area (Å²) >= 11 is 0. The Morgan fingerprint density at radius 2 is 1.81 bits per heavy atom. The lowest BCUT2D eigenvalue weighted by Gasteiger charge is -2.29. The predicted octanol–water partition coefficient (Wildman–Crippen LogP) is 3.29. The van der Waals surface area contributed by atoms with Crippen LogP contribution in [0, 0.1) is 5.92 Å². The number of aryl methyl sites for hydroxylation is 1. The summed E-state index contributed by atoms with van der Waals surface area (Å²) in [6.45, 7) is 5.83. The first-order valence-corrected chi connectivity index (χ1v) is 11.0. The molecule has 1 saturated heterocycles. The molecule has 7 heteroatoms. The van der Waals surface area contributed by atoms with Gasteiger partial charge in [0.2, 0.25) is 0 Å². The third-order valence-electron chi connectivity index (χ3n) is 5.85. The molecule has 0 unspecified atom stereocenters. The molecule has 0 amide bonds. The van der Waals surface area contributed by atoms with Crippen LogP contribution in [-0.4, -0.2) is 30.1 Å². The second-order valence-electron chi connectivity index (χ2n) is 9.40. The molecule has 1 fully saturated rings. The monoisotopic (exact) mass is 427 g/mol. The smallest absolute Gasteiger partial charge is 0.339 e. The molecule has 1 aromatic heterocycles. The van der Waals surface area contributed by atoms with Crippen molar-refractivity contribution < 1.29 is 23.5 Å². The highest BCUT2D eigenvalue weighted by Crippen LogP contribution is 2.29. The number of esters is 2. The van der Waals surface area contributed by atoms with E-state index in [2.05, 4.69) is 5.32 Å². The van der Waals surface area contributed by atoms with Gasteiger partial charge in [-0.05, 0) is 77.0 Å². The van der Waals surface area contributed by atoms with E-state index in [-0.39, 0.29) is 23.5 Å². The van der Waals surface area contributed by atoms with Gasteiger partial charge in [-0.1, -0.05) is 0 Å². The highest BCUT2D eigenvalue weighted by Gasteiger charge is 2.33. The van der Waals surface area contributed by atoms with Gasteiger partial charge in [0, 0.05) is 23.6 Å². The van der Waals surface area contributed by atoms with Crippen molar-refractivity contribution in [3.63, 3.8) is 0 Å². The predicted molar refractivity (Wildman–Crippen MR) is 115 cm³/mol. The van der Waals surface area contributed by atoms with Crippen LogP contribution in [0.15, 0.2) is 27.4 Å². The number of carbonyl (C=O) groups excluding carboxylic acids is 2. The maximum atomic E-state index is 12.6. The molecule has 1 aliphatic carbocycles. The Kier molecular flexibility index (Phi) is 5.88. The number of hydrogen-bond acceptors (Lipinski definition) is 7. The number of nitrogens with one attached hydrogen (secondary N) is 1. The standard InChI is InChI=1S/C24H29NO6/c1-24(2,3)31-23(28)19-11-8-14(13-25-19)21(26)29-15-9-10-17-16-6-4-5-7-18(16)22(27)30-20(17)12-15/h9-10,12,14,19,25H,4-8,11,13H2,1-3H3/t14-,19+/m0/s1. The third-order valence-corrected chi connectivity index (χ3v) is 5.85. The number of benzene rings is 1. The molecule has 2 heterocycles. The van der Waals surface area contributed by atoms with Crippen molar-refractivity contribution in [2.24, 2.45) is 5.92 Å². The summed E-state index contributed by atoms with van der Waals surface area (Å²) in [7, 11) is 0. The Bertz CT molecular complexity index is 1060. The van der Waals surface area contributed by atoms with Crippen LogP contribution in [0.5, 0.6) is 5.75 Å². The molecular weight excluding hydrogens is 398 g/mol. The van der Waals surface area contributed by atoms with Crippen LogP contribution in [0.25, 0.3) is 11.0 Å². The summed E-state index contributed by atoms with van der Waals surface area (Å²) in [4.78, 5) is 37.1. The minimum Gasteiger partial charge on any atom is -0.459 e. The quantitative estimate of drug-likeness (QED) is 0.456. The van der Waals surface area contributed by atoms with E-state index in [1.54, 1.807) is 12.1 Å². The summed E-state index contributed by atoms with van der Waals surface area (Å²) in [6, 6.07) is 4.81. The van der Waals surface area contributed by atoms with Crippen molar-refractivity contribution >= 4 is 22.9 Å². The summed E-state index contributed by atoms with van der Waals surface area (Å²) < 4.78 is 16.5. The lowest BCUT2D eigenvalue weighted by atomic mass is 9.91. The minimum atomic E-state index is -0.543. The van der Waals surface area contributed by atoms with Gasteiger partial charge in [0.05, 0.1) is 5.92 Å². The number of carbonyl (C=O) groups is 2. The average molecular weight is 427 g/mol. The molecule has 166 valence electrons. The van der Waals surface area contributed by atoms with E-state index in [0.717, 1.165) is 42.2 Å². The van der Waals surface area contributed by atoms with Crippen molar-refractivity contribution in [2.75, 3.05) is 6.54 Å². The lowest BCUT2D eigenvalue weighted by Crippen LogP contribution is -2.48. The Balaban J connectivity index is 1.41. The number of rotatable bonds is 3. The first kappa shape index (κ1) is 21.6. The molecule has 2 atom stereocenters. The van der Waals surface area contributed by atoms with Gasteiger partial charge in [-0.15, -0.1) is 0 Å².